The number of pyridine rings is 2. The summed E-state index contributed by atoms with van der Waals surface area (Å²) in [6, 6.07) is 12.2. The van der Waals surface area contributed by atoms with Gasteiger partial charge in [-0.2, -0.15) is 20.7 Å². The Bertz CT molecular complexity index is 2520. The predicted octanol–water partition coefficient (Wildman–Crippen LogP) is 4.16. The Labute approximate surface area is 342 Å². The lowest BCUT2D eigenvalue weighted by molar-refractivity contribution is 0.0695. The summed E-state index contributed by atoms with van der Waals surface area (Å²) in [5.74, 6) is 4.24. The van der Waals surface area contributed by atoms with Crippen molar-refractivity contribution in [3.8, 4) is 12.1 Å². The van der Waals surface area contributed by atoms with Crippen LogP contribution in [0.15, 0.2) is 43.0 Å². The van der Waals surface area contributed by atoms with Gasteiger partial charge in [-0.15, -0.1) is 0 Å². The van der Waals surface area contributed by atoms with Gasteiger partial charge in [0.2, 0.25) is 0 Å². The highest BCUT2D eigenvalue weighted by molar-refractivity contribution is 5.95. The second-order valence-electron chi connectivity index (χ2n) is 16.8. The van der Waals surface area contributed by atoms with Gasteiger partial charge < -0.3 is 24.8 Å². The van der Waals surface area contributed by atoms with E-state index in [4.69, 9.17) is 15.2 Å². The molecule has 0 bridgehead atoms. The molecule has 7 heterocycles. The zero-order valence-electron chi connectivity index (χ0n) is 33.5. The molecular formula is C43H47N13O3. The molecule has 0 aromatic carbocycles. The van der Waals surface area contributed by atoms with E-state index in [1.165, 1.54) is 19.0 Å². The summed E-state index contributed by atoms with van der Waals surface area (Å²) in [5.41, 5.74) is 7.37. The van der Waals surface area contributed by atoms with E-state index < -0.39 is 5.97 Å². The monoisotopic (exact) mass is 793 g/mol. The summed E-state index contributed by atoms with van der Waals surface area (Å²) >= 11 is 0. The van der Waals surface area contributed by atoms with E-state index in [-0.39, 0.29) is 30.4 Å². The quantitative estimate of drug-likeness (QED) is 0.194. The van der Waals surface area contributed by atoms with Crippen molar-refractivity contribution < 1.29 is 14.7 Å². The Morgan fingerprint density at radius 3 is 1.80 bits per heavy atom. The van der Waals surface area contributed by atoms with Crippen molar-refractivity contribution in [2.24, 2.45) is 30.7 Å². The number of piperidine rings is 2. The molecule has 2 aliphatic heterocycles. The van der Waals surface area contributed by atoms with Gasteiger partial charge in [-0.25, -0.2) is 19.7 Å². The minimum atomic E-state index is -1.06. The third-order valence-electron chi connectivity index (χ3n) is 12.7. The van der Waals surface area contributed by atoms with E-state index in [0.717, 1.165) is 108 Å². The topological polar surface area (TPSA) is 200 Å². The summed E-state index contributed by atoms with van der Waals surface area (Å²) in [4.78, 5) is 43.2. The number of hydrogen-bond donors (Lipinski definition) is 2. The zero-order chi connectivity index (χ0) is 40.9. The van der Waals surface area contributed by atoms with Crippen LogP contribution in [0.4, 0.5) is 11.6 Å². The molecule has 2 saturated carbocycles. The van der Waals surface area contributed by atoms with Crippen LogP contribution in [0.3, 0.4) is 0 Å². The average molecular weight is 794 g/mol. The Kier molecular flexibility index (Phi) is 9.87. The van der Waals surface area contributed by atoms with Gasteiger partial charge in [0.25, 0.3) is 5.91 Å². The van der Waals surface area contributed by atoms with E-state index >= 15 is 0 Å². The number of carbonyl (C=O) groups excluding carboxylic acids is 1. The molecule has 0 radical (unpaired) electrons. The lowest BCUT2D eigenvalue weighted by atomic mass is 10.1. The van der Waals surface area contributed by atoms with Gasteiger partial charge in [0, 0.05) is 62.7 Å². The highest BCUT2D eigenvalue weighted by Gasteiger charge is 2.46. The number of amides is 1. The lowest BCUT2D eigenvalue weighted by Gasteiger charge is -2.20. The van der Waals surface area contributed by atoms with Crippen molar-refractivity contribution in [2.75, 3.05) is 36.0 Å². The molecule has 5 atom stereocenters. The predicted molar refractivity (Wildman–Crippen MR) is 216 cm³/mol. The number of carboxylic acids is 1. The number of carbonyl (C=O) groups is 2. The fourth-order valence-electron chi connectivity index (χ4n) is 9.09. The standard InChI is InChI=1S/C25H28N8O.C18H19N5O2/c1-15-16(3-6-23(28-15)32-10-17-9-18(17)11-32)12-33-13-19(20(30-33)7-8-26)25(34)29-21-4-5-22-24(21)27-14-31(22)2;1-11-12(2-3-17(20-11)22-7-13-6-14(13)8-22)9-23-10-15(18(24)25)16(21-23)4-5-19/h3,6,13-14,17-18,21H,4-5,7,9-12H2,1-2H3,(H,29,34);2-3,10,13-14H,4,6-9H2,1H3,(H,24,25)/t17?,18?,21-;/m1./s1. The van der Waals surface area contributed by atoms with E-state index in [1.807, 2.05) is 43.7 Å². The maximum Gasteiger partial charge on any atom is 0.339 e. The fraction of sp³-hybridized carbons (Fsp3) is 0.465. The Morgan fingerprint density at radius 1 is 0.797 bits per heavy atom. The second-order valence-corrected chi connectivity index (χ2v) is 16.8. The van der Waals surface area contributed by atoms with E-state index in [0.29, 0.717) is 30.0 Å². The minimum Gasteiger partial charge on any atom is -0.478 e. The van der Waals surface area contributed by atoms with Crippen LogP contribution >= 0.6 is 0 Å². The molecule has 16 heteroatoms. The molecule has 5 aromatic heterocycles. The van der Waals surface area contributed by atoms with Crippen LogP contribution < -0.4 is 15.1 Å². The summed E-state index contributed by atoms with van der Waals surface area (Å²) in [5, 5.41) is 39.3. The van der Waals surface area contributed by atoms with Crippen LogP contribution in [0, 0.1) is 60.2 Å². The zero-order valence-corrected chi connectivity index (χ0v) is 33.5. The van der Waals surface area contributed by atoms with Crippen molar-refractivity contribution in [1.82, 2.24) is 44.4 Å². The molecule has 2 saturated heterocycles. The number of aromatic carboxylic acids is 1. The molecular weight excluding hydrogens is 747 g/mol. The molecule has 1 amide bonds. The largest absolute Gasteiger partial charge is 0.478 e. The van der Waals surface area contributed by atoms with Gasteiger partial charge in [-0.3, -0.25) is 14.2 Å². The van der Waals surface area contributed by atoms with Crippen LogP contribution in [0.2, 0.25) is 0 Å². The first-order valence-electron chi connectivity index (χ1n) is 20.4. The number of carboxylic acid groups (broad SMARTS) is 1. The highest BCUT2D eigenvalue weighted by Crippen LogP contribution is 2.47. The van der Waals surface area contributed by atoms with Crippen molar-refractivity contribution in [3.05, 3.63) is 99.4 Å². The third-order valence-corrected chi connectivity index (χ3v) is 12.7. The molecule has 302 valence electrons. The number of fused-ring (bicyclic) bond motifs is 3. The van der Waals surface area contributed by atoms with Gasteiger partial charge >= 0.3 is 5.97 Å². The van der Waals surface area contributed by atoms with Crippen LogP contribution in [-0.4, -0.2) is 82.2 Å². The van der Waals surface area contributed by atoms with Crippen molar-refractivity contribution in [1.29, 1.82) is 10.5 Å². The molecule has 4 unspecified atom stereocenters. The number of imidazole rings is 1. The number of nitrogens with zero attached hydrogens (tertiary/aromatic N) is 12. The maximum absolute atomic E-state index is 13.1. The van der Waals surface area contributed by atoms with Crippen LogP contribution in [0.5, 0.6) is 0 Å². The summed E-state index contributed by atoms with van der Waals surface area (Å²) in [6.45, 7) is 9.38. The smallest absolute Gasteiger partial charge is 0.339 e. The average Bonchev–Trinajstić information content (AvgIpc) is 3.64. The van der Waals surface area contributed by atoms with Crippen LogP contribution in [0.25, 0.3) is 0 Å². The highest BCUT2D eigenvalue weighted by atomic mass is 16.4. The van der Waals surface area contributed by atoms with Crippen LogP contribution in [-0.2, 0) is 39.4 Å². The van der Waals surface area contributed by atoms with Gasteiger partial charge in [-0.1, -0.05) is 12.1 Å². The van der Waals surface area contributed by atoms with Gasteiger partial charge in [0.1, 0.15) is 17.2 Å². The summed E-state index contributed by atoms with van der Waals surface area (Å²) in [6.07, 6.45) is 9.55. The van der Waals surface area contributed by atoms with Crippen molar-refractivity contribution in [2.45, 2.75) is 71.5 Å². The Morgan fingerprint density at radius 2 is 1.31 bits per heavy atom. The molecule has 5 aliphatic rings. The fourth-order valence-corrected chi connectivity index (χ4v) is 9.09. The SMILES string of the molecule is Cc1nc(N2CC3CC3C2)ccc1Cn1cc(C(=O)N[C@@H]2CCc3c2ncn3C)c(CC#N)n1.Cc1nc(N2CC3CC3C2)ccc1Cn1cc(C(=O)O)c(CC#N)n1. The van der Waals surface area contributed by atoms with Crippen molar-refractivity contribution in [3.63, 3.8) is 0 Å². The summed E-state index contributed by atoms with van der Waals surface area (Å²) < 4.78 is 5.33. The molecule has 4 fully saturated rings. The number of aromatic nitrogens is 8. The first-order valence-corrected chi connectivity index (χ1v) is 20.4. The molecule has 16 nitrogen and oxygen atoms in total. The normalized spacial score (nSPS) is 21.8. The van der Waals surface area contributed by atoms with Gasteiger partial charge in [0.15, 0.2) is 0 Å². The first kappa shape index (κ1) is 38.0. The van der Waals surface area contributed by atoms with E-state index in [2.05, 4.69) is 48.5 Å². The van der Waals surface area contributed by atoms with E-state index in [1.54, 1.807) is 21.9 Å². The first-order chi connectivity index (χ1) is 28.5. The second kappa shape index (κ2) is 15.3. The molecule has 10 rings (SSSR count). The van der Waals surface area contributed by atoms with E-state index in [9.17, 15) is 20.0 Å². The number of nitrogens with one attached hydrogen (secondary N) is 1. The summed E-state index contributed by atoms with van der Waals surface area (Å²) in [7, 11) is 1.97. The minimum absolute atomic E-state index is 0.0118. The Hall–Kier alpha value is -6.55. The number of rotatable bonds is 11. The maximum atomic E-state index is 13.1. The number of hydrogen-bond acceptors (Lipinski definition) is 11. The molecule has 5 aromatic rings. The number of nitriles is 2. The lowest BCUT2D eigenvalue weighted by Crippen LogP contribution is -2.28. The number of aryl methyl sites for hydroxylation is 3. The molecule has 0 spiro atoms. The van der Waals surface area contributed by atoms with Crippen molar-refractivity contribution >= 4 is 23.5 Å². The molecule has 3 aliphatic carbocycles. The molecule has 59 heavy (non-hydrogen) atoms. The third kappa shape index (κ3) is 7.75. The Balaban J connectivity index is 0.000000160. The van der Waals surface area contributed by atoms with Gasteiger partial charge in [0.05, 0.1) is 73.1 Å². The number of anilines is 2. The van der Waals surface area contributed by atoms with Gasteiger partial charge in [-0.05, 0) is 86.5 Å². The van der Waals surface area contributed by atoms with Crippen LogP contribution in [0.1, 0.15) is 91.3 Å². The molecule has 2 N–H and O–H groups in total.